The smallest absolute Gasteiger partial charge is 0.0601 e. The molecule has 1 aromatic heterocycles. The molecule has 4 heteroatoms. The minimum absolute atomic E-state index is 0.492. The highest BCUT2D eigenvalue weighted by Crippen LogP contribution is 2.25. The zero-order chi connectivity index (χ0) is 12.6. The van der Waals surface area contributed by atoms with E-state index in [-0.39, 0.29) is 0 Å². The first-order valence-electron chi connectivity index (χ1n) is 7.16. The summed E-state index contributed by atoms with van der Waals surface area (Å²) in [6.45, 7) is 5.95. The molecule has 1 saturated carbocycles. The Kier molecular flexibility index (Phi) is 5.68. The van der Waals surface area contributed by atoms with Crippen molar-refractivity contribution in [3.8, 4) is 0 Å². The van der Waals surface area contributed by atoms with Crippen molar-refractivity contribution in [1.29, 1.82) is 0 Å². The van der Waals surface area contributed by atoms with Crippen molar-refractivity contribution in [1.82, 2.24) is 15.1 Å². The van der Waals surface area contributed by atoms with Gasteiger partial charge in [-0.15, -0.1) is 0 Å². The molecule has 1 aliphatic rings. The van der Waals surface area contributed by atoms with Gasteiger partial charge in [0.1, 0.15) is 0 Å². The molecule has 0 saturated heterocycles. The Morgan fingerprint density at radius 2 is 2.22 bits per heavy atom. The van der Waals surface area contributed by atoms with E-state index in [0.717, 1.165) is 32.2 Å². The summed E-state index contributed by atoms with van der Waals surface area (Å²) in [6.07, 6.45) is 9.58. The van der Waals surface area contributed by atoms with Crippen LogP contribution in [0.3, 0.4) is 0 Å². The predicted molar refractivity (Wildman–Crippen MR) is 72.5 cm³/mol. The van der Waals surface area contributed by atoms with E-state index in [4.69, 9.17) is 4.74 Å². The van der Waals surface area contributed by atoms with Gasteiger partial charge in [0.25, 0.3) is 0 Å². The Bertz CT molecular complexity index is 313. The third-order valence-electron chi connectivity index (χ3n) is 3.72. The molecule has 1 aromatic rings. The highest BCUT2D eigenvalue weighted by molar-refractivity contribution is 4.77. The first-order valence-corrected chi connectivity index (χ1v) is 7.16. The standard InChI is InChI=1S/C14H25N3O/c1-13-5-2-3-6-14(13)18-12-9-15-8-11-17-10-4-7-16-17/h4,7,10,13-15H,2-3,5-6,8-9,11-12H2,1H3/t13-,14+/m0/s1. The van der Waals surface area contributed by atoms with Gasteiger partial charge in [-0.05, 0) is 24.8 Å². The maximum absolute atomic E-state index is 5.95. The molecule has 0 unspecified atom stereocenters. The summed E-state index contributed by atoms with van der Waals surface area (Å²) < 4.78 is 7.89. The number of hydrogen-bond donors (Lipinski definition) is 1. The molecule has 0 aromatic carbocycles. The van der Waals surface area contributed by atoms with Gasteiger partial charge in [0.15, 0.2) is 0 Å². The minimum atomic E-state index is 0.492. The maximum Gasteiger partial charge on any atom is 0.0601 e. The van der Waals surface area contributed by atoms with Crippen molar-refractivity contribution in [3.05, 3.63) is 18.5 Å². The SMILES string of the molecule is C[C@H]1CCCC[C@H]1OCCNCCn1cccn1. The topological polar surface area (TPSA) is 39.1 Å². The number of ether oxygens (including phenoxy) is 1. The third kappa shape index (κ3) is 4.42. The number of rotatable bonds is 7. The second kappa shape index (κ2) is 7.54. The second-order valence-corrected chi connectivity index (χ2v) is 5.19. The number of nitrogens with zero attached hydrogens (tertiary/aromatic N) is 2. The molecule has 2 atom stereocenters. The Labute approximate surface area is 110 Å². The fourth-order valence-electron chi connectivity index (χ4n) is 2.56. The molecule has 0 bridgehead atoms. The fraction of sp³-hybridized carbons (Fsp3) is 0.786. The van der Waals surface area contributed by atoms with Crippen molar-refractivity contribution < 1.29 is 4.74 Å². The third-order valence-corrected chi connectivity index (χ3v) is 3.72. The summed E-state index contributed by atoms with van der Waals surface area (Å²) in [4.78, 5) is 0. The highest BCUT2D eigenvalue weighted by atomic mass is 16.5. The van der Waals surface area contributed by atoms with Gasteiger partial charge < -0.3 is 10.1 Å². The van der Waals surface area contributed by atoms with Crippen molar-refractivity contribution in [3.63, 3.8) is 0 Å². The lowest BCUT2D eigenvalue weighted by Crippen LogP contribution is -2.30. The minimum Gasteiger partial charge on any atom is -0.377 e. The van der Waals surface area contributed by atoms with E-state index < -0.39 is 0 Å². The first-order chi connectivity index (χ1) is 8.86. The summed E-state index contributed by atoms with van der Waals surface area (Å²) in [5.74, 6) is 0.739. The monoisotopic (exact) mass is 251 g/mol. The number of aromatic nitrogens is 2. The van der Waals surface area contributed by atoms with Crippen LogP contribution in [-0.2, 0) is 11.3 Å². The van der Waals surface area contributed by atoms with Gasteiger partial charge in [0, 0.05) is 25.5 Å². The van der Waals surface area contributed by atoms with Crippen molar-refractivity contribution in [2.75, 3.05) is 19.7 Å². The average molecular weight is 251 g/mol. The molecule has 1 fully saturated rings. The molecule has 102 valence electrons. The van der Waals surface area contributed by atoms with Gasteiger partial charge in [0.2, 0.25) is 0 Å². The molecule has 0 radical (unpaired) electrons. The van der Waals surface area contributed by atoms with E-state index in [1.54, 1.807) is 0 Å². The normalized spacial score (nSPS) is 24.3. The lowest BCUT2D eigenvalue weighted by molar-refractivity contribution is -0.00314. The molecular formula is C14H25N3O. The van der Waals surface area contributed by atoms with E-state index in [9.17, 15) is 0 Å². The maximum atomic E-state index is 5.95. The molecule has 1 aliphatic carbocycles. The van der Waals surface area contributed by atoms with Crippen LogP contribution in [-0.4, -0.2) is 35.6 Å². The van der Waals surface area contributed by atoms with E-state index >= 15 is 0 Å². The van der Waals surface area contributed by atoms with Gasteiger partial charge in [0.05, 0.1) is 19.3 Å². The highest BCUT2D eigenvalue weighted by Gasteiger charge is 2.21. The van der Waals surface area contributed by atoms with Gasteiger partial charge >= 0.3 is 0 Å². The van der Waals surface area contributed by atoms with Crippen LogP contribution in [0.15, 0.2) is 18.5 Å². The molecule has 0 spiro atoms. The van der Waals surface area contributed by atoms with Crippen LogP contribution in [0, 0.1) is 5.92 Å². The molecule has 0 aliphatic heterocycles. The summed E-state index contributed by atoms with van der Waals surface area (Å²) in [5, 5.41) is 7.56. The van der Waals surface area contributed by atoms with E-state index in [1.807, 2.05) is 23.1 Å². The van der Waals surface area contributed by atoms with E-state index in [1.165, 1.54) is 25.7 Å². The van der Waals surface area contributed by atoms with Crippen LogP contribution < -0.4 is 5.32 Å². The Morgan fingerprint density at radius 3 is 3.00 bits per heavy atom. The molecule has 2 rings (SSSR count). The van der Waals surface area contributed by atoms with Gasteiger partial charge in [-0.1, -0.05) is 19.8 Å². The van der Waals surface area contributed by atoms with Crippen LogP contribution in [0.2, 0.25) is 0 Å². The molecule has 1 N–H and O–H groups in total. The van der Waals surface area contributed by atoms with Crippen LogP contribution in [0.1, 0.15) is 32.6 Å². The molecule has 0 amide bonds. The summed E-state index contributed by atoms with van der Waals surface area (Å²) in [7, 11) is 0. The van der Waals surface area contributed by atoms with Crippen LogP contribution in [0.5, 0.6) is 0 Å². The Balaban J connectivity index is 1.48. The Hall–Kier alpha value is -0.870. The summed E-state index contributed by atoms with van der Waals surface area (Å²) in [5.41, 5.74) is 0. The van der Waals surface area contributed by atoms with E-state index in [2.05, 4.69) is 17.3 Å². The predicted octanol–water partition coefficient (Wildman–Crippen LogP) is 2.07. The lowest BCUT2D eigenvalue weighted by atomic mass is 9.88. The van der Waals surface area contributed by atoms with Gasteiger partial charge in [-0.2, -0.15) is 5.10 Å². The summed E-state index contributed by atoms with van der Waals surface area (Å²) >= 11 is 0. The Morgan fingerprint density at radius 1 is 1.33 bits per heavy atom. The molecular weight excluding hydrogens is 226 g/mol. The zero-order valence-electron chi connectivity index (χ0n) is 11.3. The number of nitrogens with one attached hydrogen (secondary N) is 1. The molecule has 18 heavy (non-hydrogen) atoms. The zero-order valence-corrected chi connectivity index (χ0v) is 11.3. The fourth-order valence-corrected chi connectivity index (χ4v) is 2.56. The quantitative estimate of drug-likeness (QED) is 0.754. The van der Waals surface area contributed by atoms with Crippen molar-refractivity contribution in [2.24, 2.45) is 5.92 Å². The van der Waals surface area contributed by atoms with E-state index in [0.29, 0.717) is 6.10 Å². The summed E-state index contributed by atoms with van der Waals surface area (Å²) in [6, 6.07) is 1.95. The van der Waals surface area contributed by atoms with Crippen LogP contribution in [0.4, 0.5) is 0 Å². The van der Waals surface area contributed by atoms with Crippen molar-refractivity contribution in [2.45, 2.75) is 45.3 Å². The van der Waals surface area contributed by atoms with Crippen LogP contribution in [0.25, 0.3) is 0 Å². The largest absolute Gasteiger partial charge is 0.377 e. The van der Waals surface area contributed by atoms with Gasteiger partial charge in [-0.3, -0.25) is 4.68 Å². The molecule has 4 nitrogen and oxygen atoms in total. The molecule has 1 heterocycles. The van der Waals surface area contributed by atoms with Crippen LogP contribution >= 0.6 is 0 Å². The first kappa shape index (κ1) is 13.6. The lowest BCUT2D eigenvalue weighted by Gasteiger charge is -2.28. The van der Waals surface area contributed by atoms with Gasteiger partial charge in [-0.25, -0.2) is 0 Å². The second-order valence-electron chi connectivity index (χ2n) is 5.19. The average Bonchev–Trinajstić information content (AvgIpc) is 2.89. The number of hydrogen-bond acceptors (Lipinski definition) is 3. The van der Waals surface area contributed by atoms with Crippen molar-refractivity contribution >= 4 is 0 Å².